The summed E-state index contributed by atoms with van der Waals surface area (Å²) in [5.41, 5.74) is 7.67. The first-order valence-electron chi connectivity index (χ1n) is 14.6. The number of rotatable bonds is 10. The van der Waals surface area contributed by atoms with Crippen molar-refractivity contribution in [1.29, 1.82) is 5.26 Å². The zero-order chi connectivity index (χ0) is 28.8. The number of carbonyl (C=O) groups is 1. The molecule has 5 aliphatic rings. The molecule has 3 aromatic heterocycles. The van der Waals surface area contributed by atoms with Crippen LogP contribution in [0.4, 0.5) is 11.8 Å². The molecule has 218 valence electrons. The number of carbonyl (C=O) groups excluding carboxylic acids is 1. The SMILES string of the molecule is Cn1cnc(-c2cnc(N)c(OCC3CCN(c4nc(OC[C@H]5C[C@H]5C#N)nc(C(=O)NC56CC(C5)C6)n4)CC3)c2)c1. The molecule has 4 saturated carbocycles. The van der Waals surface area contributed by atoms with Crippen molar-refractivity contribution in [3.05, 3.63) is 30.6 Å². The van der Waals surface area contributed by atoms with Gasteiger partial charge in [-0.1, -0.05) is 0 Å². The smallest absolute Gasteiger partial charge is 0.321 e. The molecule has 4 aliphatic carbocycles. The fraction of sp³-hybridized carbons (Fsp3) is 0.552. The van der Waals surface area contributed by atoms with Crippen LogP contribution < -0.4 is 25.4 Å². The van der Waals surface area contributed by atoms with Gasteiger partial charge in [0.1, 0.15) is 0 Å². The van der Waals surface area contributed by atoms with Gasteiger partial charge in [0.15, 0.2) is 11.6 Å². The van der Waals surface area contributed by atoms with Crippen LogP contribution in [0.25, 0.3) is 11.3 Å². The van der Waals surface area contributed by atoms with E-state index in [9.17, 15) is 4.79 Å². The molecule has 3 aromatic rings. The summed E-state index contributed by atoms with van der Waals surface area (Å²) in [5.74, 6) is 2.37. The van der Waals surface area contributed by atoms with Crippen molar-refractivity contribution in [2.24, 2.45) is 30.7 Å². The van der Waals surface area contributed by atoms with Crippen molar-refractivity contribution in [1.82, 2.24) is 34.8 Å². The van der Waals surface area contributed by atoms with E-state index in [1.807, 2.05) is 23.9 Å². The molecule has 13 heteroatoms. The molecular formula is C29H34N10O3. The van der Waals surface area contributed by atoms with Crippen LogP contribution in [0.3, 0.4) is 0 Å². The average Bonchev–Trinajstić information content (AvgIpc) is 3.60. The number of anilines is 2. The largest absolute Gasteiger partial charge is 0.489 e. The first kappa shape index (κ1) is 26.4. The van der Waals surface area contributed by atoms with E-state index in [0.717, 1.165) is 55.7 Å². The lowest BCUT2D eigenvalue weighted by Crippen LogP contribution is -2.68. The third-order valence-electron chi connectivity index (χ3n) is 8.99. The summed E-state index contributed by atoms with van der Waals surface area (Å²) in [4.78, 5) is 37.3. The highest BCUT2D eigenvalue weighted by Crippen LogP contribution is 2.57. The Labute approximate surface area is 243 Å². The zero-order valence-electron chi connectivity index (χ0n) is 23.6. The molecule has 0 aromatic carbocycles. The Morgan fingerprint density at radius 1 is 1.17 bits per heavy atom. The van der Waals surface area contributed by atoms with Gasteiger partial charge in [-0.15, -0.1) is 0 Å². The van der Waals surface area contributed by atoms with E-state index in [0.29, 0.717) is 49.7 Å². The number of nitrogen functional groups attached to an aromatic ring is 1. The van der Waals surface area contributed by atoms with Crippen molar-refractivity contribution >= 4 is 17.7 Å². The molecule has 2 bridgehead atoms. The summed E-state index contributed by atoms with van der Waals surface area (Å²) >= 11 is 0. The molecular weight excluding hydrogens is 536 g/mol. The van der Waals surface area contributed by atoms with Crippen molar-refractivity contribution in [3.63, 3.8) is 0 Å². The van der Waals surface area contributed by atoms with E-state index in [1.54, 1.807) is 12.5 Å². The minimum atomic E-state index is -0.287. The van der Waals surface area contributed by atoms with Crippen molar-refractivity contribution in [3.8, 4) is 29.1 Å². The zero-order valence-corrected chi connectivity index (χ0v) is 23.6. The van der Waals surface area contributed by atoms with Crippen LogP contribution in [-0.4, -0.2) is 67.2 Å². The van der Waals surface area contributed by atoms with E-state index in [-0.39, 0.29) is 35.1 Å². The third-order valence-corrected chi connectivity index (χ3v) is 8.99. The Morgan fingerprint density at radius 3 is 2.64 bits per heavy atom. The molecule has 2 atom stereocenters. The van der Waals surface area contributed by atoms with E-state index >= 15 is 0 Å². The highest BCUT2D eigenvalue weighted by Gasteiger charge is 2.57. The first-order valence-corrected chi connectivity index (χ1v) is 14.6. The number of nitrogens with one attached hydrogen (secondary N) is 1. The Balaban J connectivity index is 0.991. The standard InChI is InChI=1S/C29H34N10O3/c1-38-13-22(33-16-38)20-7-23(24(31)32-12-20)41-14-17-2-4-39(5-3-17)27-34-25(26(40)37-29-8-18(9-29)10-29)35-28(36-27)42-15-21-6-19(21)11-30/h7,12-13,16-19,21H,2-6,8-10,14-15H2,1H3,(H2,31,32)(H,37,40)/t18?,19-,21+,29?/m0/s1. The number of nitriles is 1. The number of pyridine rings is 1. The predicted molar refractivity (Wildman–Crippen MR) is 151 cm³/mol. The van der Waals surface area contributed by atoms with E-state index in [1.165, 1.54) is 0 Å². The molecule has 1 aliphatic heterocycles. The van der Waals surface area contributed by atoms with Gasteiger partial charge in [0.25, 0.3) is 5.91 Å². The quantitative estimate of drug-likeness (QED) is 0.367. The second-order valence-corrected chi connectivity index (χ2v) is 12.3. The number of amides is 1. The van der Waals surface area contributed by atoms with Gasteiger partial charge < -0.3 is 30.0 Å². The minimum absolute atomic E-state index is 0.0169. The number of nitrogens with two attached hydrogens (primary N) is 1. The maximum atomic E-state index is 13.1. The maximum absolute atomic E-state index is 13.1. The van der Waals surface area contributed by atoms with Crippen LogP contribution >= 0.6 is 0 Å². The van der Waals surface area contributed by atoms with Crippen molar-refractivity contribution < 1.29 is 14.3 Å². The number of hydrogen-bond acceptors (Lipinski definition) is 11. The second kappa shape index (κ2) is 10.4. The summed E-state index contributed by atoms with van der Waals surface area (Å²) in [6.07, 6.45) is 11.0. The van der Waals surface area contributed by atoms with Gasteiger partial charge >= 0.3 is 6.01 Å². The van der Waals surface area contributed by atoms with Crippen LogP contribution in [0, 0.1) is 35.0 Å². The van der Waals surface area contributed by atoms with Crippen LogP contribution in [-0.2, 0) is 7.05 Å². The van der Waals surface area contributed by atoms with Gasteiger partial charge in [0.05, 0.1) is 37.2 Å². The Kier molecular flexibility index (Phi) is 6.56. The lowest BCUT2D eigenvalue weighted by molar-refractivity contribution is -0.0441. The number of piperidine rings is 1. The average molecular weight is 571 g/mol. The van der Waals surface area contributed by atoms with Crippen molar-refractivity contribution in [2.75, 3.05) is 36.9 Å². The first-order chi connectivity index (χ1) is 20.4. The van der Waals surface area contributed by atoms with Gasteiger partial charge in [-0.25, -0.2) is 9.97 Å². The fourth-order valence-corrected chi connectivity index (χ4v) is 6.13. The highest BCUT2D eigenvalue weighted by molar-refractivity contribution is 5.91. The normalized spacial score (nSPS) is 26.0. The van der Waals surface area contributed by atoms with Crippen molar-refractivity contribution in [2.45, 2.75) is 44.1 Å². The van der Waals surface area contributed by atoms with Gasteiger partial charge in [0.2, 0.25) is 11.8 Å². The molecule has 4 heterocycles. The Morgan fingerprint density at radius 2 is 1.98 bits per heavy atom. The molecule has 0 spiro atoms. The molecule has 8 rings (SSSR count). The summed E-state index contributed by atoms with van der Waals surface area (Å²) in [5, 5.41) is 12.3. The lowest BCUT2D eigenvalue weighted by Gasteiger charge is -2.61. The van der Waals surface area contributed by atoms with Gasteiger partial charge in [-0.2, -0.15) is 20.2 Å². The molecule has 0 radical (unpaired) electrons. The number of nitrogens with zero attached hydrogens (tertiary/aromatic N) is 8. The van der Waals surface area contributed by atoms with E-state index < -0.39 is 0 Å². The molecule has 5 fully saturated rings. The van der Waals surface area contributed by atoms with Crippen LogP contribution in [0.5, 0.6) is 11.8 Å². The summed E-state index contributed by atoms with van der Waals surface area (Å²) in [6.45, 7) is 2.26. The topological polar surface area (TPSA) is 170 Å². The summed E-state index contributed by atoms with van der Waals surface area (Å²) in [7, 11) is 1.92. The fourth-order valence-electron chi connectivity index (χ4n) is 6.13. The van der Waals surface area contributed by atoms with Crippen LogP contribution in [0.1, 0.15) is 49.1 Å². The van der Waals surface area contributed by atoms with Gasteiger partial charge in [0, 0.05) is 49.6 Å². The Bertz CT molecular complexity index is 1530. The number of imidazole rings is 1. The maximum Gasteiger partial charge on any atom is 0.321 e. The highest BCUT2D eigenvalue weighted by atomic mass is 16.5. The number of aromatic nitrogens is 6. The lowest BCUT2D eigenvalue weighted by atomic mass is 9.50. The number of ether oxygens (including phenoxy) is 2. The molecule has 1 saturated heterocycles. The minimum Gasteiger partial charge on any atom is -0.489 e. The van der Waals surface area contributed by atoms with Crippen LogP contribution in [0.2, 0.25) is 0 Å². The molecule has 3 N–H and O–H groups in total. The Hall–Kier alpha value is -4.47. The number of aryl methyl sites for hydroxylation is 1. The molecule has 13 nitrogen and oxygen atoms in total. The van der Waals surface area contributed by atoms with Gasteiger partial charge in [-0.05, 0) is 56.4 Å². The third kappa shape index (κ3) is 5.29. The predicted octanol–water partition coefficient (Wildman–Crippen LogP) is 2.37. The summed E-state index contributed by atoms with van der Waals surface area (Å²) < 4.78 is 13.9. The van der Waals surface area contributed by atoms with E-state index in [4.69, 9.17) is 20.5 Å². The monoisotopic (exact) mass is 570 g/mol. The van der Waals surface area contributed by atoms with Crippen LogP contribution in [0.15, 0.2) is 24.8 Å². The molecule has 42 heavy (non-hydrogen) atoms. The molecule has 0 unspecified atom stereocenters. The molecule has 1 amide bonds. The number of hydrogen-bond donors (Lipinski definition) is 2. The second-order valence-electron chi connectivity index (χ2n) is 12.3. The van der Waals surface area contributed by atoms with Gasteiger partial charge in [-0.3, -0.25) is 4.79 Å². The van der Waals surface area contributed by atoms with E-state index in [2.05, 4.69) is 41.2 Å². The summed E-state index contributed by atoms with van der Waals surface area (Å²) in [6, 6.07) is 4.28.